The molecule has 2 aliphatic heterocycles. The first-order valence-electron chi connectivity index (χ1n) is 11.8. The van der Waals surface area contributed by atoms with E-state index in [0.717, 1.165) is 31.3 Å². The lowest BCUT2D eigenvalue weighted by Gasteiger charge is -2.38. The Morgan fingerprint density at radius 3 is 2.72 bits per heavy atom. The molecule has 4 atom stereocenters. The average Bonchev–Trinajstić information content (AvgIpc) is 2.85. The first-order valence-corrected chi connectivity index (χ1v) is 11.8. The van der Waals surface area contributed by atoms with Gasteiger partial charge in [0.15, 0.2) is 5.69 Å². The number of carbonyl (C=O) groups excluding carboxylic acids is 1. The topological polar surface area (TPSA) is 120 Å². The maximum absolute atomic E-state index is 12.9. The number of carbonyl (C=O) groups is 1. The molecule has 1 aromatic carbocycles. The van der Waals surface area contributed by atoms with Gasteiger partial charge in [-0.1, -0.05) is 6.07 Å². The molecular weight excluding hydrogens is 479 g/mol. The first-order chi connectivity index (χ1) is 17.0. The van der Waals surface area contributed by atoms with Crippen LogP contribution in [0.2, 0.25) is 0 Å². The molecular formula is C24H30F3N5O4. The van der Waals surface area contributed by atoms with Gasteiger partial charge in [0.2, 0.25) is 0 Å². The zero-order chi connectivity index (χ0) is 26.0. The quantitative estimate of drug-likeness (QED) is 0.464. The molecule has 0 unspecified atom stereocenters. The van der Waals surface area contributed by atoms with Gasteiger partial charge in [-0.15, -0.1) is 0 Å². The lowest BCUT2D eigenvalue weighted by molar-refractivity contribution is -0.141. The van der Waals surface area contributed by atoms with Crippen molar-refractivity contribution in [3.63, 3.8) is 0 Å². The van der Waals surface area contributed by atoms with E-state index in [1.165, 1.54) is 5.56 Å². The SMILES string of the molecule is CC(C)N1CCc2cc(C(=O)NC[C@H]3OC[C@H](Nc4cncc(C(F)(F)F)n4)[C@@H](O)[C@H]3O)ccc2C1. The minimum absolute atomic E-state index is 0.0502. The number of aromatic nitrogens is 2. The summed E-state index contributed by atoms with van der Waals surface area (Å²) in [5.74, 6) is -0.533. The number of nitrogens with zero attached hydrogens (tertiary/aromatic N) is 3. The minimum Gasteiger partial charge on any atom is -0.388 e. The summed E-state index contributed by atoms with van der Waals surface area (Å²) >= 11 is 0. The molecule has 1 amide bonds. The van der Waals surface area contributed by atoms with Gasteiger partial charge < -0.3 is 25.6 Å². The van der Waals surface area contributed by atoms with E-state index in [4.69, 9.17) is 4.74 Å². The van der Waals surface area contributed by atoms with Gasteiger partial charge in [0.1, 0.15) is 24.1 Å². The van der Waals surface area contributed by atoms with Crippen LogP contribution in [0.3, 0.4) is 0 Å². The number of aliphatic hydroxyl groups excluding tert-OH is 2. The molecule has 3 heterocycles. The van der Waals surface area contributed by atoms with E-state index in [0.29, 0.717) is 17.8 Å². The number of benzene rings is 1. The fourth-order valence-electron chi connectivity index (χ4n) is 4.40. The molecule has 1 aromatic heterocycles. The van der Waals surface area contributed by atoms with Gasteiger partial charge in [-0.2, -0.15) is 13.2 Å². The molecule has 0 radical (unpaired) electrons. The van der Waals surface area contributed by atoms with Gasteiger partial charge in [0.05, 0.1) is 25.0 Å². The fourth-order valence-corrected chi connectivity index (χ4v) is 4.40. The van der Waals surface area contributed by atoms with Crippen LogP contribution in [0.4, 0.5) is 19.0 Å². The highest BCUT2D eigenvalue weighted by Gasteiger charge is 2.39. The smallest absolute Gasteiger partial charge is 0.388 e. The minimum atomic E-state index is -4.67. The summed E-state index contributed by atoms with van der Waals surface area (Å²) in [4.78, 5) is 22.0. The van der Waals surface area contributed by atoms with Crippen molar-refractivity contribution in [3.8, 4) is 0 Å². The fraction of sp³-hybridized carbons (Fsp3) is 0.542. The summed E-state index contributed by atoms with van der Waals surface area (Å²) in [5.41, 5.74) is 1.65. The van der Waals surface area contributed by atoms with Crippen LogP contribution in [0, 0.1) is 0 Å². The van der Waals surface area contributed by atoms with Gasteiger partial charge in [0.25, 0.3) is 5.91 Å². The maximum Gasteiger partial charge on any atom is 0.434 e. The summed E-state index contributed by atoms with van der Waals surface area (Å²) in [6, 6.07) is 5.13. The van der Waals surface area contributed by atoms with Gasteiger partial charge >= 0.3 is 6.18 Å². The van der Waals surface area contributed by atoms with Gasteiger partial charge in [-0.3, -0.25) is 14.7 Å². The Kier molecular flexibility index (Phi) is 7.79. The molecule has 0 spiro atoms. The molecule has 2 aliphatic rings. The number of hydrogen-bond acceptors (Lipinski definition) is 8. The van der Waals surface area contributed by atoms with Crippen molar-refractivity contribution in [2.75, 3.05) is 25.0 Å². The Hall–Kier alpha value is -2.80. The van der Waals surface area contributed by atoms with E-state index in [2.05, 4.69) is 39.3 Å². The first kappa shape index (κ1) is 26.3. The maximum atomic E-state index is 12.9. The summed E-state index contributed by atoms with van der Waals surface area (Å²) in [7, 11) is 0. The van der Waals surface area contributed by atoms with Gasteiger partial charge in [-0.25, -0.2) is 4.98 Å². The molecule has 0 saturated carbocycles. The average molecular weight is 510 g/mol. The van der Waals surface area contributed by atoms with Crippen LogP contribution in [-0.2, 0) is 23.9 Å². The predicted octanol–water partition coefficient (Wildman–Crippen LogP) is 1.59. The monoisotopic (exact) mass is 509 g/mol. The zero-order valence-corrected chi connectivity index (χ0v) is 20.0. The number of halogens is 3. The summed E-state index contributed by atoms with van der Waals surface area (Å²) in [5, 5.41) is 26.3. The Balaban J connectivity index is 1.31. The number of alkyl halides is 3. The van der Waals surface area contributed by atoms with Crippen molar-refractivity contribution >= 4 is 11.7 Å². The highest BCUT2D eigenvalue weighted by atomic mass is 19.4. The van der Waals surface area contributed by atoms with E-state index >= 15 is 0 Å². The standard InChI is InChI=1S/C24H30F3N5O4/c1-13(2)32-6-5-14-7-15(3-4-16(14)11-32)23(35)29-8-18-22(34)21(33)17(12-36-18)30-20-10-28-9-19(31-20)24(25,26)27/h3-4,7,9-10,13,17-18,21-22,33-34H,5-6,8,11-12H2,1-2H3,(H,29,35)(H,30,31)/t17-,18+,21+,22-/m0/s1. The van der Waals surface area contributed by atoms with Crippen LogP contribution in [0.5, 0.6) is 0 Å². The number of rotatable bonds is 6. The Morgan fingerprint density at radius 2 is 2.00 bits per heavy atom. The predicted molar refractivity (Wildman–Crippen MR) is 124 cm³/mol. The van der Waals surface area contributed by atoms with Crippen molar-refractivity contribution in [1.29, 1.82) is 0 Å². The van der Waals surface area contributed by atoms with E-state index in [1.54, 1.807) is 6.07 Å². The van der Waals surface area contributed by atoms with Crippen LogP contribution < -0.4 is 10.6 Å². The second kappa shape index (κ2) is 10.7. The molecule has 9 nitrogen and oxygen atoms in total. The third kappa shape index (κ3) is 5.94. The number of amides is 1. The molecule has 4 rings (SSSR count). The Morgan fingerprint density at radius 1 is 1.22 bits per heavy atom. The molecule has 1 saturated heterocycles. The molecule has 196 valence electrons. The number of fused-ring (bicyclic) bond motifs is 1. The van der Waals surface area contributed by atoms with Crippen molar-refractivity contribution in [2.24, 2.45) is 0 Å². The zero-order valence-electron chi connectivity index (χ0n) is 20.0. The Labute approximate surface area is 206 Å². The van der Waals surface area contributed by atoms with Crippen LogP contribution in [0.1, 0.15) is 41.0 Å². The van der Waals surface area contributed by atoms with Gasteiger partial charge in [-0.05, 0) is 43.5 Å². The number of ether oxygens (including phenoxy) is 1. The van der Waals surface area contributed by atoms with Crippen molar-refractivity contribution in [2.45, 2.75) is 63.4 Å². The second-order valence-electron chi connectivity index (χ2n) is 9.40. The molecule has 12 heteroatoms. The number of aliphatic hydroxyl groups is 2. The lowest BCUT2D eigenvalue weighted by atomic mass is 9.96. The number of nitrogens with one attached hydrogen (secondary N) is 2. The van der Waals surface area contributed by atoms with Crippen LogP contribution >= 0.6 is 0 Å². The molecule has 36 heavy (non-hydrogen) atoms. The van der Waals surface area contributed by atoms with E-state index < -0.39 is 36.2 Å². The second-order valence-corrected chi connectivity index (χ2v) is 9.40. The van der Waals surface area contributed by atoms with Crippen LogP contribution in [0.15, 0.2) is 30.6 Å². The normalized spacial score (nSPS) is 24.9. The van der Waals surface area contributed by atoms with E-state index in [1.807, 2.05) is 12.1 Å². The van der Waals surface area contributed by atoms with E-state index in [-0.39, 0.29) is 24.9 Å². The van der Waals surface area contributed by atoms with Crippen molar-refractivity contribution < 1.29 is 32.9 Å². The highest BCUT2D eigenvalue weighted by Crippen LogP contribution is 2.28. The summed E-state index contributed by atoms with van der Waals surface area (Å²) in [6.45, 7) is 5.91. The molecule has 4 N–H and O–H groups in total. The third-order valence-corrected chi connectivity index (χ3v) is 6.60. The highest BCUT2D eigenvalue weighted by molar-refractivity contribution is 5.94. The lowest BCUT2D eigenvalue weighted by Crippen LogP contribution is -2.58. The number of hydrogen-bond donors (Lipinski definition) is 4. The number of anilines is 1. The molecule has 1 fully saturated rings. The van der Waals surface area contributed by atoms with Crippen LogP contribution in [0.25, 0.3) is 0 Å². The third-order valence-electron chi connectivity index (χ3n) is 6.60. The Bertz CT molecular complexity index is 1080. The van der Waals surface area contributed by atoms with Crippen molar-refractivity contribution in [1.82, 2.24) is 20.2 Å². The van der Waals surface area contributed by atoms with Gasteiger partial charge in [0, 0.05) is 31.2 Å². The summed E-state index contributed by atoms with van der Waals surface area (Å²) < 4.78 is 44.2. The molecule has 0 bridgehead atoms. The summed E-state index contributed by atoms with van der Waals surface area (Å²) in [6.07, 6.45) is -5.79. The molecule has 2 aromatic rings. The molecule has 0 aliphatic carbocycles. The van der Waals surface area contributed by atoms with E-state index in [9.17, 15) is 28.2 Å². The largest absolute Gasteiger partial charge is 0.434 e. The van der Waals surface area contributed by atoms with Crippen molar-refractivity contribution in [3.05, 3.63) is 53.0 Å². The van der Waals surface area contributed by atoms with Crippen LogP contribution in [-0.4, -0.2) is 81.1 Å².